The van der Waals surface area contributed by atoms with Crippen LogP contribution in [0.5, 0.6) is 0 Å². The van der Waals surface area contributed by atoms with Crippen molar-refractivity contribution in [3.8, 4) is 11.3 Å². The molecule has 2 aliphatic heterocycles. The minimum atomic E-state index is -0.396. The first-order valence-electron chi connectivity index (χ1n) is 13.8. The first-order chi connectivity index (χ1) is 19.4. The zero-order valence-corrected chi connectivity index (χ0v) is 22.5. The smallest absolute Gasteiger partial charge is 0.312 e. The van der Waals surface area contributed by atoms with E-state index >= 15 is 4.39 Å². The number of nitrogens with zero attached hydrogens (tertiary/aromatic N) is 5. The number of amides is 1. The van der Waals surface area contributed by atoms with E-state index in [-0.39, 0.29) is 23.8 Å². The Kier molecular flexibility index (Phi) is 5.83. The first-order valence-corrected chi connectivity index (χ1v) is 13.8. The van der Waals surface area contributed by atoms with Crippen LogP contribution in [0.25, 0.3) is 16.9 Å². The van der Waals surface area contributed by atoms with Crippen molar-refractivity contribution in [1.29, 1.82) is 0 Å². The Balaban J connectivity index is 1.19. The maximum atomic E-state index is 15.3. The van der Waals surface area contributed by atoms with Gasteiger partial charge in [0.15, 0.2) is 5.65 Å². The van der Waals surface area contributed by atoms with E-state index in [2.05, 4.69) is 19.1 Å². The van der Waals surface area contributed by atoms with Crippen LogP contribution in [0.2, 0.25) is 0 Å². The SMILES string of the molecule is COC(=O)C1CN(c2ccc(-c3cc4nc(C(=O)N5CCc6ccccc6[C@H]5C)cc(C5CC5)n4n3)c(F)c2)C1. The summed E-state index contributed by atoms with van der Waals surface area (Å²) in [6, 6.07) is 16.9. The number of hydrogen-bond donors (Lipinski definition) is 0. The standard InChI is InChI=1S/C31H30FN5O3/c1-18-23-6-4-3-5-19(23)11-12-36(18)30(38)27-14-28(20-7-8-20)37-29(33-27)15-26(34-37)24-10-9-22(13-25(24)32)35-16-21(17-35)31(39)40-2/h3-6,9-10,13-15,18,20-21H,7-8,11-12,16-17H2,1-2H3/t18-/m1/s1. The Morgan fingerprint density at radius 2 is 1.85 bits per heavy atom. The molecule has 8 nitrogen and oxygen atoms in total. The van der Waals surface area contributed by atoms with Crippen molar-refractivity contribution >= 4 is 23.2 Å². The van der Waals surface area contributed by atoms with E-state index in [9.17, 15) is 9.59 Å². The van der Waals surface area contributed by atoms with Crippen molar-refractivity contribution in [3.63, 3.8) is 0 Å². The number of hydrogen-bond acceptors (Lipinski definition) is 6. The molecule has 0 bridgehead atoms. The van der Waals surface area contributed by atoms with Crippen LogP contribution < -0.4 is 4.90 Å². The molecule has 4 aromatic rings. The predicted molar refractivity (Wildman–Crippen MR) is 148 cm³/mol. The molecule has 0 unspecified atom stereocenters. The van der Waals surface area contributed by atoms with Crippen LogP contribution in [0, 0.1) is 11.7 Å². The Labute approximate surface area is 231 Å². The fourth-order valence-electron chi connectivity index (χ4n) is 6.02. The van der Waals surface area contributed by atoms with Crippen LogP contribution in [-0.4, -0.2) is 58.1 Å². The summed E-state index contributed by atoms with van der Waals surface area (Å²) in [6.07, 6.45) is 2.87. The number of halogens is 1. The highest BCUT2D eigenvalue weighted by Crippen LogP contribution is 2.41. The van der Waals surface area contributed by atoms with Crippen molar-refractivity contribution in [1.82, 2.24) is 19.5 Å². The monoisotopic (exact) mass is 539 g/mol. The zero-order chi connectivity index (χ0) is 27.5. The van der Waals surface area contributed by atoms with Gasteiger partial charge in [0.2, 0.25) is 0 Å². The van der Waals surface area contributed by atoms with Crippen LogP contribution in [0.4, 0.5) is 10.1 Å². The molecule has 0 radical (unpaired) electrons. The van der Waals surface area contributed by atoms with Crippen LogP contribution in [0.15, 0.2) is 54.6 Å². The van der Waals surface area contributed by atoms with E-state index < -0.39 is 5.82 Å². The number of carbonyl (C=O) groups excluding carboxylic acids is 2. The fourth-order valence-corrected chi connectivity index (χ4v) is 6.02. The topological polar surface area (TPSA) is 80.0 Å². The lowest BCUT2D eigenvalue weighted by Gasteiger charge is -2.39. The van der Waals surface area contributed by atoms with Gasteiger partial charge in [0.25, 0.3) is 5.91 Å². The Bertz CT molecular complexity index is 1660. The number of anilines is 1. The average molecular weight is 540 g/mol. The quantitative estimate of drug-likeness (QED) is 0.340. The molecule has 0 N–H and O–H groups in total. The van der Waals surface area contributed by atoms with E-state index in [0.29, 0.717) is 53.8 Å². The number of benzene rings is 2. The van der Waals surface area contributed by atoms with Gasteiger partial charge in [-0.3, -0.25) is 9.59 Å². The summed E-state index contributed by atoms with van der Waals surface area (Å²) in [4.78, 5) is 34.0. The van der Waals surface area contributed by atoms with E-state index in [4.69, 9.17) is 14.8 Å². The summed E-state index contributed by atoms with van der Waals surface area (Å²) in [5.74, 6) is -0.602. The zero-order valence-electron chi connectivity index (χ0n) is 22.5. The average Bonchev–Trinajstić information content (AvgIpc) is 3.70. The summed E-state index contributed by atoms with van der Waals surface area (Å²) in [7, 11) is 1.38. The van der Waals surface area contributed by atoms with E-state index in [1.165, 1.54) is 24.3 Å². The molecule has 2 aromatic heterocycles. The summed E-state index contributed by atoms with van der Waals surface area (Å²) in [6.45, 7) is 3.72. The molecule has 1 saturated carbocycles. The van der Waals surface area contributed by atoms with E-state index in [0.717, 1.165) is 25.0 Å². The van der Waals surface area contributed by atoms with Crippen LogP contribution in [0.1, 0.15) is 59.0 Å². The van der Waals surface area contributed by atoms with Crippen molar-refractivity contribution in [2.24, 2.45) is 5.92 Å². The molecule has 1 aliphatic carbocycles. The Morgan fingerprint density at radius 1 is 1.05 bits per heavy atom. The second kappa shape index (κ2) is 9.43. The molecule has 2 fully saturated rings. The van der Waals surface area contributed by atoms with Crippen molar-refractivity contribution < 1.29 is 18.7 Å². The lowest BCUT2D eigenvalue weighted by atomic mass is 9.93. The second-order valence-corrected chi connectivity index (χ2v) is 11.1. The Hall–Kier alpha value is -4.27. The number of fused-ring (bicyclic) bond motifs is 2. The lowest BCUT2D eigenvalue weighted by Crippen LogP contribution is -2.50. The molecule has 1 amide bonds. The molecule has 9 heteroatoms. The molecular weight excluding hydrogens is 509 g/mol. The molecule has 0 spiro atoms. The number of carbonyl (C=O) groups is 2. The van der Waals surface area contributed by atoms with Gasteiger partial charge in [-0.1, -0.05) is 24.3 Å². The van der Waals surface area contributed by atoms with Crippen molar-refractivity contribution in [3.05, 3.63) is 82.9 Å². The highest BCUT2D eigenvalue weighted by atomic mass is 19.1. The number of rotatable bonds is 5. The normalized spacial score (nSPS) is 18.9. The number of esters is 1. The molecule has 40 heavy (non-hydrogen) atoms. The minimum absolute atomic E-state index is 0.0396. The van der Waals surface area contributed by atoms with Crippen LogP contribution >= 0.6 is 0 Å². The van der Waals surface area contributed by atoms with Gasteiger partial charge in [-0.25, -0.2) is 13.9 Å². The van der Waals surface area contributed by atoms with Crippen molar-refractivity contribution in [2.45, 2.75) is 38.1 Å². The third kappa shape index (κ3) is 4.11. The first kappa shape index (κ1) is 24.7. The summed E-state index contributed by atoms with van der Waals surface area (Å²) < 4.78 is 21.9. The third-order valence-corrected chi connectivity index (χ3v) is 8.53. The maximum absolute atomic E-state index is 15.3. The third-order valence-electron chi connectivity index (χ3n) is 8.53. The molecule has 7 rings (SSSR count). The molecule has 1 saturated heterocycles. The highest BCUT2D eigenvalue weighted by Gasteiger charge is 2.35. The van der Waals surface area contributed by atoms with Gasteiger partial charge in [-0.05, 0) is 61.6 Å². The van der Waals surface area contributed by atoms with Gasteiger partial charge >= 0.3 is 5.97 Å². The molecule has 1 atom stereocenters. The summed E-state index contributed by atoms with van der Waals surface area (Å²) >= 11 is 0. The van der Waals surface area contributed by atoms with Gasteiger partial charge in [0, 0.05) is 48.6 Å². The lowest BCUT2D eigenvalue weighted by molar-refractivity contribution is -0.146. The second-order valence-electron chi connectivity index (χ2n) is 11.1. The van der Waals surface area contributed by atoms with Gasteiger partial charge in [0.05, 0.1) is 24.8 Å². The minimum Gasteiger partial charge on any atom is -0.469 e. The number of methoxy groups -OCH3 is 1. The number of ether oxygens (including phenoxy) is 1. The van der Waals surface area contributed by atoms with Crippen molar-refractivity contribution in [2.75, 3.05) is 31.6 Å². The van der Waals surface area contributed by atoms with E-state index in [1.807, 2.05) is 34.1 Å². The highest BCUT2D eigenvalue weighted by molar-refractivity contribution is 5.93. The maximum Gasteiger partial charge on any atom is 0.312 e. The molecule has 204 valence electrons. The Morgan fingerprint density at radius 3 is 2.60 bits per heavy atom. The molecule has 2 aromatic carbocycles. The molecule has 4 heterocycles. The van der Waals surface area contributed by atoms with Gasteiger partial charge in [-0.2, -0.15) is 5.10 Å². The predicted octanol–water partition coefficient (Wildman–Crippen LogP) is 4.78. The van der Waals surface area contributed by atoms with Gasteiger partial charge < -0.3 is 14.5 Å². The fraction of sp³-hybridized carbons (Fsp3) is 0.355. The summed E-state index contributed by atoms with van der Waals surface area (Å²) in [5, 5.41) is 4.73. The van der Waals surface area contributed by atoms with Crippen LogP contribution in [-0.2, 0) is 16.0 Å². The van der Waals surface area contributed by atoms with E-state index in [1.54, 1.807) is 16.6 Å². The molecule has 3 aliphatic rings. The van der Waals surface area contributed by atoms with Crippen LogP contribution in [0.3, 0.4) is 0 Å². The number of aromatic nitrogens is 3. The van der Waals surface area contributed by atoms with Gasteiger partial charge in [-0.15, -0.1) is 0 Å². The molecular formula is C31H30FN5O3. The van der Waals surface area contributed by atoms with Gasteiger partial charge in [0.1, 0.15) is 11.5 Å². The largest absolute Gasteiger partial charge is 0.469 e. The summed E-state index contributed by atoms with van der Waals surface area (Å²) in [5.41, 5.74) is 5.90.